The minimum Gasteiger partial charge on any atom is -0.496 e. The molecule has 0 bridgehead atoms. The predicted octanol–water partition coefficient (Wildman–Crippen LogP) is 4.26. The van der Waals surface area contributed by atoms with Crippen LogP contribution in [0.4, 0.5) is 0 Å². The number of rotatable bonds is 12. The summed E-state index contributed by atoms with van der Waals surface area (Å²) < 4.78 is 28.3. The Morgan fingerprint density at radius 2 is 1.89 bits per heavy atom. The molecule has 190 valence electrons. The van der Waals surface area contributed by atoms with Crippen molar-refractivity contribution in [3.8, 4) is 17.2 Å². The van der Waals surface area contributed by atoms with Crippen molar-refractivity contribution < 1.29 is 28.5 Å². The monoisotopic (exact) mass is 483 g/mol. The summed E-state index contributed by atoms with van der Waals surface area (Å²) in [6, 6.07) is 13.7. The number of nitrogens with zero attached hydrogens (tertiary/aromatic N) is 1. The van der Waals surface area contributed by atoms with Gasteiger partial charge in [-0.25, -0.2) is 0 Å². The molecule has 0 unspecified atom stereocenters. The van der Waals surface area contributed by atoms with E-state index in [1.807, 2.05) is 47.4 Å². The van der Waals surface area contributed by atoms with Crippen molar-refractivity contribution in [2.45, 2.75) is 45.3 Å². The van der Waals surface area contributed by atoms with Crippen LogP contribution in [0.1, 0.15) is 37.3 Å². The average molecular weight is 484 g/mol. The van der Waals surface area contributed by atoms with Gasteiger partial charge in [0.2, 0.25) is 5.91 Å². The summed E-state index contributed by atoms with van der Waals surface area (Å²) in [5.41, 5.74) is 2.06. The van der Waals surface area contributed by atoms with Gasteiger partial charge in [0.25, 0.3) is 0 Å². The lowest BCUT2D eigenvalue weighted by Crippen LogP contribution is -2.44. The molecule has 0 radical (unpaired) electrons. The number of benzene rings is 2. The van der Waals surface area contributed by atoms with Crippen molar-refractivity contribution in [2.24, 2.45) is 5.41 Å². The first-order valence-electron chi connectivity index (χ1n) is 12.4. The first kappa shape index (κ1) is 25.3. The summed E-state index contributed by atoms with van der Waals surface area (Å²) in [6.07, 6.45) is 3.14. The molecule has 0 saturated carbocycles. The van der Waals surface area contributed by atoms with E-state index in [0.717, 1.165) is 36.3 Å². The van der Waals surface area contributed by atoms with Gasteiger partial charge in [-0.2, -0.15) is 0 Å². The number of hydrogen-bond donors (Lipinski definition) is 0. The van der Waals surface area contributed by atoms with Gasteiger partial charge in [0, 0.05) is 31.5 Å². The molecule has 7 nitrogen and oxygen atoms in total. The second-order valence-corrected chi connectivity index (χ2v) is 9.80. The van der Waals surface area contributed by atoms with E-state index in [9.17, 15) is 4.79 Å². The maximum Gasteiger partial charge on any atom is 0.223 e. The van der Waals surface area contributed by atoms with E-state index in [4.69, 9.17) is 23.7 Å². The molecule has 0 spiro atoms. The van der Waals surface area contributed by atoms with E-state index in [1.54, 1.807) is 14.2 Å². The number of methoxy groups -OCH3 is 2. The van der Waals surface area contributed by atoms with Gasteiger partial charge < -0.3 is 28.6 Å². The molecule has 2 aliphatic heterocycles. The Balaban J connectivity index is 1.46. The Hall–Kier alpha value is -2.77. The van der Waals surface area contributed by atoms with Crippen LogP contribution in [-0.2, 0) is 27.2 Å². The van der Waals surface area contributed by atoms with Gasteiger partial charge in [0.15, 0.2) is 11.5 Å². The topological polar surface area (TPSA) is 66.5 Å². The van der Waals surface area contributed by atoms with Gasteiger partial charge in [0.05, 0.1) is 40.1 Å². The van der Waals surface area contributed by atoms with Crippen molar-refractivity contribution >= 4 is 5.91 Å². The number of carbonyl (C=O) groups is 1. The van der Waals surface area contributed by atoms with Gasteiger partial charge in [-0.15, -0.1) is 0 Å². The Morgan fingerprint density at radius 3 is 2.57 bits per heavy atom. The lowest BCUT2D eigenvalue weighted by molar-refractivity contribution is -0.133. The highest BCUT2D eigenvalue weighted by Crippen LogP contribution is 2.33. The molecule has 2 aromatic carbocycles. The van der Waals surface area contributed by atoms with Crippen LogP contribution in [0.2, 0.25) is 0 Å². The van der Waals surface area contributed by atoms with Crippen LogP contribution < -0.4 is 14.2 Å². The van der Waals surface area contributed by atoms with Gasteiger partial charge >= 0.3 is 0 Å². The predicted molar refractivity (Wildman–Crippen MR) is 133 cm³/mol. The highest BCUT2D eigenvalue weighted by molar-refractivity contribution is 5.76. The number of aryl methyl sites for hydroxylation is 1. The van der Waals surface area contributed by atoms with Gasteiger partial charge in [-0.1, -0.05) is 31.2 Å². The normalized spacial score (nSPS) is 18.5. The summed E-state index contributed by atoms with van der Waals surface area (Å²) in [6.45, 7) is 5.95. The van der Waals surface area contributed by atoms with E-state index in [1.165, 1.54) is 0 Å². The van der Waals surface area contributed by atoms with Crippen molar-refractivity contribution in [3.05, 3.63) is 53.6 Å². The summed E-state index contributed by atoms with van der Waals surface area (Å²) in [5, 5.41) is 0. The third-order valence-corrected chi connectivity index (χ3v) is 6.68. The zero-order chi connectivity index (χ0) is 24.7. The third kappa shape index (κ3) is 6.67. The van der Waals surface area contributed by atoms with Crippen LogP contribution in [0.25, 0.3) is 0 Å². The molecule has 4 rings (SSSR count). The number of para-hydroxylation sites is 1. The largest absolute Gasteiger partial charge is 0.496 e. The molecule has 2 saturated heterocycles. The lowest BCUT2D eigenvalue weighted by Gasteiger charge is -2.37. The van der Waals surface area contributed by atoms with Crippen LogP contribution in [0.3, 0.4) is 0 Å². The standard InChI is InChI=1S/C28H37NO6/c1-28(18-33-19-28)20-35-26-15-21(10-12-25(26)32-3)16-29(17-23-8-6-14-34-23)27(30)13-11-22-7-4-5-9-24(22)31-2/h4-5,7,9-10,12,15,23H,6,8,11,13-14,16-20H2,1-3H3/t23-/m0/s1. The molecule has 2 aliphatic rings. The van der Waals surface area contributed by atoms with E-state index in [0.29, 0.717) is 57.3 Å². The minimum absolute atomic E-state index is 0.0291. The number of amides is 1. The summed E-state index contributed by atoms with van der Waals surface area (Å²) in [5.74, 6) is 2.29. The zero-order valence-electron chi connectivity index (χ0n) is 21.1. The minimum atomic E-state index is 0.0291. The van der Waals surface area contributed by atoms with Crippen LogP contribution in [-0.4, -0.2) is 64.1 Å². The fourth-order valence-corrected chi connectivity index (χ4v) is 4.54. The van der Waals surface area contributed by atoms with E-state index in [2.05, 4.69) is 6.92 Å². The molecule has 7 heteroatoms. The molecule has 2 fully saturated rings. The first-order chi connectivity index (χ1) is 17.0. The Bertz CT molecular complexity index is 983. The Kier molecular flexibility index (Phi) is 8.52. The maximum atomic E-state index is 13.4. The third-order valence-electron chi connectivity index (χ3n) is 6.68. The van der Waals surface area contributed by atoms with Crippen molar-refractivity contribution in [2.75, 3.05) is 47.2 Å². The molecule has 0 N–H and O–H groups in total. The summed E-state index contributed by atoms with van der Waals surface area (Å²) in [7, 11) is 3.30. The number of carbonyl (C=O) groups excluding carboxylic acids is 1. The van der Waals surface area contributed by atoms with Crippen molar-refractivity contribution in [1.29, 1.82) is 0 Å². The van der Waals surface area contributed by atoms with Crippen molar-refractivity contribution in [1.82, 2.24) is 4.90 Å². The second kappa shape index (κ2) is 11.8. The molecular weight excluding hydrogens is 446 g/mol. The Morgan fingerprint density at radius 1 is 1.09 bits per heavy atom. The van der Waals surface area contributed by atoms with Crippen molar-refractivity contribution in [3.63, 3.8) is 0 Å². The van der Waals surface area contributed by atoms with E-state index < -0.39 is 0 Å². The molecular formula is C28H37NO6. The molecule has 0 aliphatic carbocycles. The van der Waals surface area contributed by atoms with Gasteiger partial charge in [-0.05, 0) is 48.6 Å². The van der Waals surface area contributed by atoms with Gasteiger partial charge in [0.1, 0.15) is 5.75 Å². The smallest absolute Gasteiger partial charge is 0.223 e. The maximum absolute atomic E-state index is 13.4. The number of ether oxygens (including phenoxy) is 5. The van der Waals surface area contributed by atoms with Crippen LogP contribution in [0, 0.1) is 5.41 Å². The SMILES string of the molecule is COc1ccccc1CCC(=O)N(Cc1ccc(OC)c(OCC2(C)COC2)c1)C[C@@H]1CCCO1. The van der Waals surface area contributed by atoms with Crippen LogP contribution in [0.15, 0.2) is 42.5 Å². The van der Waals surface area contributed by atoms with Gasteiger partial charge in [-0.3, -0.25) is 4.79 Å². The summed E-state index contributed by atoms with van der Waals surface area (Å²) >= 11 is 0. The molecule has 0 aromatic heterocycles. The quantitative estimate of drug-likeness (QED) is 0.450. The van der Waals surface area contributed by atoms with Crippen LogP contribution >= 0.6 is 0 Å². The molecule has 35 heavy (non-hydrogen) atoms. The highest BCUT2D eigenvalue weighted by Gasteiger charge is 2.34. The fourth-order valence-electron chi connectivity index (χ4n) is 4.54. The molecule has 2 aromatic rings. The lowest BCUT2D eigenvalue weighted by atomic mass is 9.90. The van der Waals surface area contributed by atoms with E-state index in [-0.39, 0.29) is 17.4 Å². The second-order valence-electron chi connectivity index (χ2n) is 9.80. The zero-order valence-corrected chi connectivity index (χ0v) is 21.1. The fraction of sp³-hybridized carbons (Fsp3) is 0.536. The first-order valence-corrected chi connectivity index (χ1v) is 12.4. The van der Waals surface area contributed by atoms with Crippen LogP contribution in [0.5, 0.6) is 17.2 Å². The molecule has 1 amide bonds. The molecule has 1 atom stereocenters. The Labute approximate surface area is 208 Å². The average Bonchev–Trinajstić information content (AvgIpc) is 3.38. The summed E-state index contributed by atoms with van der Waals surface area (Å²) in [4.78, 5) is 15.3. The number of hydrogen-bond acceptors (Lipinski definition) is 6. The van der Waals surface area contributed by atoms with E-state index >= 15 is 0 Å². The molecule has 2 heterocycles. The highest BCUT2D eigenvalue weighted by atomic mass is 16.5.